The van der Waals surface area contributed by atoms with E-state index in [0.717, 1.165) is 25.2 Å². The van der Waals surface area contributed by atoms with Crippen LogP contribution in [0.3, 0.4) is 0 Å². The maximum absolute atomic E-state index is 6.07. The maximum atomic E-state index is 6.07. The van der Waals surface area contributed by atoms with Crippen molar-refractivity contribution in [2.75, 3.05) is 25.0 Å². The van der Waals surface area contributed by atoms with Crippen molar-refractivity contribution in [1.82, 2.24) is 4.90 Å². The molecule has 0 aliphatic carbocycles. The predicted octanol–water partition coefficient (Wildman–Crippen LogP) is 4.05. The molecule has 4 nitrogen and oxygen atoms in total. The molecule has 3 N–H and O–H groups in total. The average molecular weight is 331 g/mol. The Morgan fingerprint density at radius 2 is 2.00 bits per heavy atom. The fourth-order valence-corrected chi connectivity index (χ4v) is 3.26. The summed E-state index contributed by atoms with van der Waals surface area (Å²) in [5, 5.41) is 3.21. The van der Waals surface area contributed by atoms with Crippen molar-refractivity contribution in [1.29, 1.82) is 0 Å². The van der Waals surface area contributed by atoms with E-state index < -0.39 is 0 Å². The van der Waals surface area contributed by atoms with Gasteiger partial charge in [0.15, 0.2) is 5.96 Å². The van der Waals surface area contributed by atoms with Crippen molar-refractivity contribution < 1.29 is 0 Å². The van der Waals surface area contributed by atoms with E-state index in [-0.39, 0.29) is 0 Å². The van der Waals surface area contributed by atoms with E-state index in [9.17, 15) is 0 Å². The lowest BCUT2D eigenvalue weighted by Crippen LogP contribution is -2.41. The van der Waals surface area contributed by atoms with E-state index in [2.05, 4.69) is 67.2 Å². The van der Waals surface area contributed by atoms with Gasteiger partial charge in [0, 0.05) is 24.8 Å². The summed E-state index contributed by atoms with van der Waals surface area (Å²) in [6, 6.07) is 9.14. The van der Waals surface area contributed by atoms with Crippen LogP contribution >= 0.6 is 0 Å². The fourth-order valence-electron chi connectivity index (χ4n) is 3.26. The molecule has 0 aromatic heterocycles. The van der Waals surface area contributed by atoms with Crippen molar-refractivity contribution >= 4 is 11.6 Å². The van der Waals surface area contributed by atoms with Gasteiger partial charge >= 0.3 is 0 Å². The summed E-state index contributed by atoms with van der Waals surface area (Å²) in [5.74, 6) is 1.74. The number of benzene rings is 1. The van der Waals surface area contributed by atoms with Gasteiger partial charge in [0.25, 0.3) is 0 Å². The van der Waals surface area contributed by atoms with Crippen LogP contribution in [0.15, 0.2) is 29.3 Å². The third kappa shape index (κ3) is 5.52. The highest BCUT2D eigenvalue weighted by Crippen LogP contribution is 2.21. The molecule has 2 atom stereocenters. The molecule has 24 heavy (non-hydrogen) atoms. The number of nitrogens with zero attached hydrogens (tertiary/aromatic N) is 2. The number of likely N-dealkylation sites (tertiary alicyclic amines) is 1. The van der Waals surface area contributed by atoms with Crippen LogP contribution in [0.4, 0.5) is 5.69 Å². The zero-order chi connectivity index (χ0) is 17.5. The Morgan fingerprint density at radius 3 is 2.62 bits per heavy atom. The molecule has 2 rings (SSSR count). The molecule has 0 radical (unpaired) electrons. The minimum absolute atomic E-state index is 0.521. The van der Waals surface area contributed by atoms with Crippen LogP contribution in [-0.4, -0.2) is 36.5 Å². The Hall–Kier alpha value is -1.55. The SMILES string of the molecule is CCC(C)c1ccc(NC(N)=NCC2CCCN(C(C)C)C2)cc1. The van der Waals surface area contributed by atoms with Gasteiger partial charge in [-0.05, 0) is 69.2 Å². The number of hydrogen-bond acceptors (Lipinski definition) is 2. The van der Waals surface area contributed by atoms with E-state index in [1.165, 1.54) is 24.9 Å². The molecule has 2 unspecified atom stereocenters. The quantitative estimate of drug-likeness (QED) is 0.611. The summed E-state index contributed by atoms with van der Waals surface area (Å²) >= 11 is 0. The van der Waals surface area contributed by atoms with Crippen LogP contribution in [0.2, 0.25) is 0 Å². The second-order valence-corrected chi connectivity index (χ2v) is 7.38. The van der Waals surface area contributed by atoms with Gasteiger partial charge in [-0.2, -0.15) is 0 Å². The van der Waals surface area contributed by atoms with E-state index in [0.29, 0.717) is 23.8 Å². The molecule has 0 saturated carbocycles. The lowest BCUT2D eigenvalue weighted by molar-refractivity contribution is 0.143. The maximum Gasteiger partial charge on any atom is 0.193 e. The molecule has 1 aliphatic rings. The second-order valence-electron chi connectivity index (χ2n) is 7.38. The van der Waals surface area contributed by atoms with Crippen molar-refractivity contribution in [2.45, 2.75) is 58.9 Å². The van der Waals surface area contributed by atoms with E-state index >= 15 is 0 Å². The number of anilines is 1. The minimum Gasteiger partial charge on any atom is -0.370 e. The van der Waals surface area contributed by atoms with Crippen LogP contribution in [-0.2, 0) is 0 Å². The molecule has 1 aromatic carbocycles. The summed E-state index contributed by atoms with van der Waals surface area (Å²) in [6.45, 7) is 12.2. The molecule has 0 spiro atoms. The molecule has 4 heteroatoms. The summed E-state index contributed by atoms with van der Waals surface area (Å²) in [6.07, 6.45) is 3.68. The molecule has 1 aliphatic heterocycles. The van der Waals surface area contributed by atoms with E-state index in [1.54, 1.807) is 0 Å². The lowest BCUT2D eigenvalue weighted by atomic mass is 9.97. The van der Waals surface area contributed by atoms with E-state index in [1.807, 2.05) is 0 Å². The largest absolute Gasteiger partial charge is 0.370 e. The van der Waals surface area contributed by atoms with Crippen LogP contribution in [0.1, 0.15) is 58.4 Å². The Bertz CT molecular complexity index is 521. The molecule has 0 bridgehead atoms. The summed E-state index contributed by atoms with van der Waals surface area (Å²) in [5.41, 5.74) is 8.45. The van der Waals surface area contributed by atoms with Gasteiger partial charge in [0.2, 0.25) is 0 Å². The molecule has 1 aromatic rings. The van der Waals surface area contributed by atoms with E-state index in [4.69, 9.17) is 5.73 Å². The molecule has 1 heterocycles. The molecule has 0 amide bonds. The third-order valence-electron chi connectivity index (χ3n) is 5.17. The smallest absolute Gasteiger partial charge is 0.193 e. The predicted molar refractivity (Wildman–Crippen MR) is 105 cm³/mol. The Kier molecular flexibility index (Phi) is 7.10. The van der Waals surface area contributed by atoms with Gasteiger partial charge in [-0.3, -0.25) is 4.99 Å². The first-order valence-electron chi connectivity index (χ1n) is 9.40. The highest BCUT2D eigenvalue weighted by atomic mass is 15.2. The Labute approximate surface area is 147 Å². The zero-order valence-corrected chi connectivity index (χ0v) is 15.8. The first kappa shape index (κ1) is 18.8. The second kappa shape index (κ2) is 9.07. The van der Waals surface area contributed by atoms with Crippen LogP contribution in [0.5, 0.6) is 0 Å². The first-order chi connectivity index (χ1) is 11.5. The van der Waals surface area contributed by atoms with Crippen molar-refractivity contribution in [2.24, 2.45) is 16.6 Å². The first-order valence-corrected chi connectivity index (χ1v) is 9.40. The molecule has 1 saturated heterocycles. The molecule has 134 valence electrons. The minimum atomic E-state index is 0.521. The standard InChI is InChI=1S/C20H34N4/c1-5-16(4)18-8-10-19(11-9-18)23-20(21)22-13-17-7-6-12-24(14-17)15(2)3/h8-11,15-17H,5-7,12-14H2,1-4H3,(H3,21,22,23). The van der Waals surface area contributed by atoms with Gasteiger partial charge in [0.1, 0.15) is 0 Å². The topological polar surface area (TPSA) is 53.6 Å². The Morgan fingerprint density at radius 1 is 1.29 bits per heavy atom. The average Bonchev–Trinajstić information content (AvgIpc) is 2.60. The van der Waals surface area contributed by atoms with Crippen LogP contribution < -0.4 is 11.1 Å². The monoisotopic (exact) mass is 330 g/mol. The third-order valence-corrected chi connectivity index (χ3v) is 5.17. The number of nitrogens with two attached hydrogens (primary N) is 1. The molecule has 1 fully saturated rings. The Balaban J connectivity index is 1.85. The van der Waals surface area contributed by atoms with Gasteiger partial charge in [-0.15, -0.1) is 0 Å². The lowest BCUT2D eigenvalue weighted by Gasteiger charge is -2.34. The van der Waals surface area contributed by atoms with Gasteiger partial charge in [0.05, 0.1) is 0 Å². The number of hydrogen-bond donors (Lipinski definition) is 2. The summed E-state index contributed by atoms with van der Waals surface area (Å²) in [7, 11) is 0. The van der Waals surface area contributed by atoms with Crippen molar-refractivity contribution in [3.05, 3.63) is 29.8 Å². The van der Waals surface area contributed by atoms with Crippen molar-refractivity contribution in [3.63, 3.8) is 0 Å². The van der Waals surface area contributed by atoms with Gasteiger partial charge in [-0.1, -0.05) is 26.0 Å². The number of nitrogens with one attached hydrogen (secondary N) is 1. The van der Waals surface area contributed by atoms with Gasteiger partial charge < -0.3 is 16.0 Å². The number of piperidine rings is 1. The highest BCUT2D eigenvalue weighted by molar-refractivity contribution is 5.92. The summed E-state index contributed by atoms with van der Waals surface area (Å²) < 4.78 is 0. The number of rotatable bonds is 6. The fraction of sp³-hybridized carbons (Fsp3) is 0.650. The van der Waals surface area contributed by atoms with Gasteiger partial charge in [-0.25, -0.2) is 0 Å². The number of guanidine groups is 1. The van der Waals surface area contributed by atoms with Crippen LogP contribution in [0.25, 0.3) is 0 Å². The normalized spacial score (nSPS) is 21.0. The molecular weight excluding hydrogens is 296 g/mol. The van der Waals surface area contributed by atoms with Crippen molar-refractivity contribution in [3.8, 4) is 0 Å². The molecular formula is C20H34N4. The highest BCUT2D eigenvalue weighted by Gasteiger charge is 2.21. The zero-order valence-electron chi connectivity index (χ0n) is 15.8. The summed E-state index contributed by atoms with van der Waals surface area (Å²) in [4.78, 5) is 7.11. The van der Waals surface area contributed by atoms with Crippen LogP contribution in [0, 0.1) is 5.92 Å². The number of aliphatic imine (C=N–C) groups is 1.